The number of unbranched alkanes of at least 4 members (excludes halogenated alkanes) is 3. The maximum Gasteiger partial charge on any atom is 0.303 e. The molecular weight excluding hydrogens is 430 g/mol. The maximum absolute atomic E-state index is 12.7. The Kier molecular flexibility index (Phi) is 8.47. The molecule has 2 aromatic carbocycles. The van der Waals surface area contributed by atoms with Gasteiger partial charge in [-0.3, -0.25) is 4.79 Å². The Morgan fingerprint density at radius 3 is 2.22 bits per heavy atom. The minimum Gasteiger partial charge on any atom is -0.481 e. The van der Waals surface area contributed by atoms with Crippen molar-refractivity contribution < 1.29 is 18.3 Å². The van der Waals surface area contributed by atoms with Gasteiger partial charge in [0.2, 0.25) is 10.0 Å². The van der Waals surface area contributed by atoms with Gasteiger partial charge in [0.25, 0.3) is 0 Å². The fourth-order valence-corrected chi connectivity index (χ4v) is 4.35. The van der Waals surface area contributed by atoms with Gasteiger partial charge in [-0.1, -0.05) is 65.5 Å². The molecule has 0 aliphatic carbocycles. The molecule has 0 saturated carbocycles. The first kappa shape index (κ1) is 21.6. The summed E-state index contributed by atoms with van der Waals surface area (Å²) >= 11 is 3.31. The van der Waals surface area contributed by atoms with Gasteiger partial charge in [0, 0.05) is 16.9 Å². The van der Waals surface area contributed by atoms with Crippen LogP contribution in [0.25, 0.3) is 0 Å². The third kappa shape index (κ3) is 7.44. The Morgan fingerprint density at radius 2 is 1.59 bits per heavy atom. The number of hydrogen-bond acceptors (Lipinski definition) is 3. The van der Waals surface area contributed by atoms with E-state index in [0.29, 0.717) is 12.8 Å². The van der Waals surface area contributed by atoms with Crippen LogP contribution in [0.3, 0.4) is 0 Å². The largest absolute Gasteiger partial charge is 0.481 e. The third-order valence-corrected chi connectivity index (χ3v) is 6.27. The average Bonchev–Trinajstić information content (AvgIpc) is 2.64. The van der Waals surface area contributed by atoms with Gasteiger partial charge < -0.3 is 5.11 Å². The van der Waals surface area contributed by atoms with E-state index in [0.717, 1.165) is 29.3 Å². The molecule has 0 aliphatic rings. The molecule has 7 heteroatoms. The fraction of sp³-hybridized carbons (Fsp3) is 0.350. The van der Waals surface area contributed by atoms with Crippen LogP contribution in [0.5, 0.6) is 0 Å². The fourth-order valence-electron chi connectivity index (χ4n) is 2.83. The highest BCUT2D eigenvalue weighted by Gasteiger charge is 2.21. The van der Waals surface area contributed by atoms with Crippen LogP contribution in [0.2, 0.25) is 0 Å². The lowest BCUT2D eigenvalue weighted by atomic mass is 10.0. The zero-order chi connectivity index (χ0) is 19.7. The van der Waals surface area contributed by atoms with Crippen LogP contribution < -0.4 is 4.72 Å². The molecule has 0 amide bonds. The van der Waals surface area contributed by atoms with E-state index in [1.54, 1.807) is 24.3 Å². The van der Waals surface area contributed by atoms with Gasteiger partial charge in [0.05, 0.1) is 4.90 Å². The molecule has 0 saturated heterocycles. The van der Waals surface area contributed by atoms with E-state index in [4.69, 9.17) is 5.11 Å². The first-order valence-electron chi connectivity index (χ1n) is 8.93. The van der Waals surface area contributed by atoms with Gasteiger partial charge in [-0.05, 0) is 42.7 Å². The van der Waals surface area contributed by atoms with Gasteiger partial charge in [-0.2, -0.15) is 0 Å². The first-order valence-corrected chi connectivity index (χ1v) is 11.2. The van der Waals surface area contributed by atoms with Gasteiger partial charge in [0.1, 0.15) is 0 Å². The van der Waals surface area contributed by atoms with Crippen LogP contribution in [0, 0.1) is 0 Å². The molecular formula is C20H24BrNO4S. The normalized spacial score (nSPS) is 12.6. The number of rotatable bonds is 11. The average molecular weight is 454 g/mol. The van der Waals surface area contributed by atoms with Crippen molar-refractivity contribution in [3.05, 3.63) is 64.6 Å². The van der Waals surface area contributed by atoms with E-state index in [9.17, 15) is 13.2 Å². The summed E-state index contributed by atoms with van der Waals surface area (Å²) in [5.41, 5.74) is 0.920. The summed E-state index contributed by atoms with van der Waals surface area (Å²) in [5.74, 6) is -0.778. The van der Waals surface area contributed by atoms with Gasteiger partial charge in [-0.15, -0.1) is 0 Å². The molecule has 2 aromatic rings. The molecule has 1 atom stereocenters. The number of hydrogen-bond donors (Lipinski definition) is 2. The SMILES string of the molecule is O=C(O)CCCCCCC(NS(=O)(=O)c1ccc(Br)cc1)c1ccccc1. The van der Waals surface area contributed by atoms with Crippen molar-refractivity contribution in [2.75, 3.05) is 0 Å². The van der Waals surface area contributed by atoms with Crippen molar-refractivity contribution in [1.82, 2.24) is 4.72 Å². The Labute approximate surface area is 169 Å². The number of carbonyl (C=O) groups is 1. The van der Waals surface area contributed by atoms with E-state index < -0.39 is 16.0 Å². The molecule has 5 nitrogen and oxygen atoms in total. The molecule has 0 radical (unpaired) electrons. The van der Waals surface area contributed by atoms with E-state index in [1.165, 1.54) is 0 Å². The lowest BCUT2D eigenvalue weighted by Gasteiger charge is -2.19. The highest BCUT2D eigenvalue weighted by atomic mass is 79.9. The number of aliphatic carboxylic acids is 1. The van der Waals surface area contributed by atoms with Crippen LogP contribution in [-0.4, -0.2) is 19.5 Å². The highest BCUT2D eigenvalue weighted by molar-refractivity contribution is 9.10. The standard InChI is InChI=1S/C20H24BrNO4S/c21-17-12-14-18(15-13-17)27(25,26)22-19(16-8-4-3-5-9-16)10-6-1-2-7-11-20(23)24/h3-5,8-9,12-15,19,22H,1-2,6-7,10-11H2,(H,23,24). The number of nitrogens with one attached hydrogen (secondary N) is 1. The van der Waals surface area contributed by atoms with Crippen molar-refractivity contribution in [3.8, 4) is 0 Å². The number of sulfonamides is 1. The lowest BCUT2D eigenvalue weighted by molar-refractivity contribution is -0.137. The molecule has 0 aromatic heterocycles. The van der Waals surface area contributed by atoms with E-state index in [1.807, 2.05) is 30.3 Å². The molecule has 0 spiro atoms. The Morgan fingerprint density at radius 1 is 0.963 bits per heavy atom. The van der Waals surface area contributed by atoms with Gasteiger partial charge in [-0.25, -0.2) is 13.1 Å². The van der Waals surface area contributed by atoms with Gasteiger partial charge >= 0.3 is 5.97 Å². The van der Waals surface area contributed by atoms with Crippen LogP contribution in [0.4, 0.5) is 0 Å². The summed E-state index contributed by atoms with van der Waals surface area (Å²) in [5, 5.41) is 8.68. The molecule has 0 fully saturated rings. The second kappa shape index (κ2) is 10.6. The summed E-state index contributed by atoms with van der Waals surface area (Å²) in [4.78, 5) is 10.8. The summed E-state index contributed by atoms with van der Waals surface area (Å²) in [6, 6.07) is 15.7. The lowest BCUT2D eigenvalue weighted by Crippen LogP contribution is -2.28. The van der Waals surface area contributed by atoms with Crippen molar-refractivity contribution >= 4 is 31.9 Å². The van der Waals surface area contributed by atoms with Crippen molar-refractivity contribution in [1.29, 1.82) is 0 Å². The first-order chi connectivity index (χ1) is 12.9. The van der Waals surface area contributed by atoms with Crippen LogP contribution in [0.1, 0.15) is 50.1 Å². The van der Waals surface area contributed by atoms with Crippen LogP contribution >= 0.6 is 15.9 Å². The number of benzene rings is 2. The zero-order valence-corrected chi connectivity index (χ0v) is 17.4. The minimum absolute atomic E-state index is 0.179. The predicted octanol–water partition coefficient (Wildman–Crippen LogP) is 4.89. The number of carboxylic acid groups (broad SMARTS) is 1. The van der Waals surface area contributed by atoms with Crippen molar-refractivity contribution in [2.24, 2.45) is 0 Å². The Balaban J connectivity index is 2.02. The molecule has 27 heavy (non-hydrogen) atoms. The quantitative estimate of drug-likeness (QED) is 0.474. The van der Waals surface area contributed by atoms with Crippen LogP contribution in [-0.2, 0) is 14.8 Å². The molecule has 1 unspecified atom stereocenters. The van der Waals surface area contributed by atoms with Crippen molar-refractivity contribution in [3.63, 3.8) is 0 Å². The molecule has 146 valence electrons. The van der Waals surface area contributed by atoms with E-state index in [2.05, 4.69) is 20.7 Å². The summed E-state index contributed by atoms with van der Waals surface area (Å²) in [7, 11) is -3.63. The number of carboxylic acids is 1. The molecule has 2 rings (SSSR count). The molecule has 0 heterocycles. The molecule has 0 aliphatic heterocycles. The zero-order valence-electron chi connectivity index (χ0n) is 15.0. The second-order valence-corrected chi connectivity index (χ2v) is 9.01. The number of halogens is 1. The topological polar surface area (TPSA) is 83.5 Å². The Hall–Kier alpha value is -1.70. The van der Waals surface area contributed by atoms with Crippen molar-refractivity contribution in [2.45, 2.75) is 49.5 Å². The summed E-state index contributed by atoms with van der Waals surface area (Å²) in [6.45, 7) is 0. The molecule has 2 N–H and O–H groups in total. The van der Waals surface area contributed by atoms with Gasteiger partial charge in [0.15, 0.2) is 0 Å². The highest BCUT2D eigenvalue weighted by Crippen LogP contribution is 2.24. The van der Waals surface area contributed by atoms with E-state index >= 15 is 0 Å². The summed E-state index contributed by atoms with van der Waals surface area (Å²) in [6.07, 6.45) is 4.01. The second-order valence-electron chi connectivity index (χ2n) is 6.39. The van der Waals surface area contributed by atoms with E-state index in [-0.39, 0.29) is 17.4 Å². The maximum atomic E-state index is 12.7. The minimum atomic E-state index is -3.63. The molecule has 0 bridgehead atoms. The monoisotopic (exact) mass is 453 g/mol. The Bertz CT molecular complexity index is 823. The summed E-state index contributed by atoms with van der Waals surface area (Å²) < 4.78 is 29.1. The predicted molar refractivity (Wildman–Crippen MR) is 109 cm³/mol. The third-order valence-electron chi connectivity index (χ3n) is 4.26. The smallest absolute Gasteiger partial charge is 0.303 e. The van der Waals surface area contributed by atoms with Crippen LogP contribution in [0.15, 0.2) is 64.0 Å².